The molecule has 0 fully saturated rings. The van der Waals surface area contributed by atoms with Crippen LogP contribution in [0, 0.1) is 6.92 Å². The van der Waals surface area contributed by atoms with Gasteiger partial charge in [-0.05, 0) is 31.2 Å². The number of aryl methyl sites for hydroxylation is 1. The second-order valence-corrected chi connectivity index (χ2v) is 3.73. The van der Waals surface area contributed by atoms with Crippen molar-refractivity contribution in [2.75, 3.05) is 0 Å². The van der Waals surface area contributed by atoms with Crippen LogP contribution in [0.3, 0.4) is 0 Å². The Labute approximate surface area is 88.2 Å². The summed E-state index contributed by atoms with van der Waals surface area (Å²) in [6.07, 6.45) is 1.87. The fourth-order valence-electron chi connectivity index (χ4n) is 1.36. The highest BCUT2D eigenvalue weighted by atomic mass is 35.5. The molecule has 0 spiro atoms. The Bertz CT molecular complexity index is 443. The maximum atomic E-state index is 5.82. The van der Waals surface area contributed by atoms with E-state index in [2.05, 4.69) is 9.55 Å². The van der Waals surface area contributed by atoms with Gasteiger partial charge in [0.1, 0.15) is 5.82 Å². The second kappa shape index (κ2) is 3.46. The van der Waals surface area contributed by atoms with E-state index in [1.54, 1.807) is 0 Å². The molecular formula is C11H11ClN2. The summed E-state index contributed by atoms with van der Waals surface area (Å²) < 4.78 is 2.06. The van der Waals surface area contributed by atoms with Crippen molar-refractivity contribution in [3.8, 4) is 11.4 Å². The van der Waals surface area contributed by atoms with E-state index in [9.17, 15) is 0 Å². The molecule has 0 N–H and O–H groups in total. The predicted octanol–water partition coefficient (Wildman–Crippen LogP) is 3.05. The van der Waals surface area contributed by atoms with Crippen LogP contribution in [0.2, 0.25) is 5.02 Å². The Balaban J connectivity index is 2.49. The van der Waals surface area contributed by atoms with Crippen molar-refractivity contribution in [1.29, 1.82) is 0 Å². The Morgan fingerprint density at radius 1 is 1.21 bits per heavy atom. The normalized spacial score (nSPS) is 10.5. The minimum Gasteiger partial charge on any atom is -0.331 e. The molecule has 0 radical (unpaired) electrons. The third-order valence-corrected chi connectivity index (χ3v) is 2.57. The highest BCUT2D eigenvalue weighted by molar-refractivity contribution is 6.30. The van der Waals surface area contributed by atoms with Crippen LogP contribution in [-0.2, 0) is 7.05 Å². The van der Waals surface area contributed by atoms with E-state index < -0.39 is 0 Å². The zero-order valence-electron chi connectivity index (χ0n) is 8.16. The molecule has 0 bridgehead atoms. The summed E-state index contributed by atoms with van der Waals surface area (Å²) in [6, 6.07) is 7.70. The first-order valence-electron chi connectivity index (χ1n) is 4.43. The average Bonchev–Trinajstić information content (AvgIpc) is 2.50. The third-order valence-electron chi connectivity index (χ3n) is 2.32. The lowest BCUT2D eigenvalue weighted by molar-refractivity contribution is 0.884. The maximum absolute atomic E-state index is 5.82. The highest BCUT2D eigenvalue weighted by Gasteiger charge is 2.04. The van der Waals surface area contributed by atoms with Crippen molar-refractivity contribution in [3.63, 3.8) is 0 Å². The molecule has 1 aromatic carbocycles. The van der Waals surface area contributed by atoms with Gasteiger partial charge in [-0.15, -0.1) is 0 Å². The second-order valence-electron chi connectivity index (χ2n) is 3.29. The molecule has 2 rings (SSSR count). The molecule has 1 heterocycles. The smallest absolute Gasteiger partial charge is 0.139 e. The monoisotopic (exact) mass is 206 g/mol. The van der Waals surface area contributed by atoms with Gasteiger partial charge in [0.25, 0.3) is 0 Å². The molecule has 0 aliphatic heterocycles. The van der Waals surface area contributed by atoms with E-state index in [1.165, 1.54) is 0 Å². The summed E-state index contributed by atoms with van der Waals surface area (Å²) in [6.45, 7) is 2.03. The molecule has 0 aliphatic rings. The van der Waals surface area contributed by atoms with Gasteiger partial charge >= 0.3 is 0 Å². The van der Waals surface area contributed by atoms with Crippen LogP contribution < -0.4 is 0 Å². The summed E-state index contributed by atoms with van der Waals surface area (Å²) >= 11 is 5.82. The van der Waals surface area contributed by atoms with E-state index in [0.29, 0.717) is 0 Å². The maximum Gasteiger partial charge on any atom is 0.139 e. The number of hydrogen-bond donors (Lipinski definition) is 0. The standard InChI is InChI=1S/C11H11ClN2/c1-8-7-13-11(14(8)2)9-3-5-10(12)6-4-9/h3-7H,1-2H3. The molecule has 0 aliphatic carbocycles. The van der Waals surface area contributed by atoms with Crippen LogP contribution in [0.25, 0.3) is 11.4 Å². The van der Waals surface area contributed by atoms with E-state index in [4.69, 9.17) is 11.6 Å². The molecule has 0 unspecified atom stereocenters. The van der Waals surface area contributed by atoms with Crippen molar-refractivity contribution in [3.05, 3.63) is 41.2 Å². The van der Waals surface area contributed by atoms with E-state index >= 15 is 0 Å². The molecule has 2 nitrogen and oxygen atoms in total. The van der Waals surface area contributed by atoms with Gasteiger partial charge in [-0.2, -0.15) is 0 Å². The first-order valence-corrected chi connectivity index (χ1v) is 4.80. The lowest BCUT2D eigenvalue weighted by atomic mass is 10.2. The lowest BCUT2D eigenvalue weighted by Crippen LogP contribution is -1.94. The third kappa shape index (κ3) is 1.53. The quantitative estimate of drug-likeness (QED) is 0.701. The molecular weight excluding hydrogens is 196 g/mol. The molecule has 0 atom stereocenters. The molecule has 0 saturated carbocycles. The molecule has 72 valence electrons. The number of nitrogens with zero attached hydrogens (tertiary/aromatic N) is 2. The van der Waals surface area contributed by atoms with E-state index in [1.807, 2.05) is 44.4 Å². The minimum absolute atomic E-state index is 0.750. The molecule has 0 amide bonds. The van der Waals surface area contributed by atoms with Gasteiger partial charge in [0.05, 0.1) is 0 Å². The summed E-state index contributed by atoms with van der Waals surface area (Å²) in [5.41, 5.74) is 2.24. The predicted molar refractivity (Wildman–Crippen MR) is 58.4 cm³/mol. The van der Waals surface area contributed by atoms with Crippen LogP contribution in [0.4, 0.5) is 0 Å². The summed E-state index contributed by atoms with van der Waals surface area (Å²) in [5.74, 6) is 0.971. The fourth-order valence-corrected chi connectivity index (χ4v) is 1.49. The summed E-state index contributed by atoms with van der Waals surface area (Å²) in [4.78, 5) is 4.34. The van der Waals surface area contributed by atoms with Crippen molar-refractivity contribution in [2.24, 2.45) is 7.05 Å². The van der Waals surface area contributed by atoms with Gasteiger partial charge in [-0.3, -0.25) is 0 Å². The number of halogens is 1. The van der Waals surface area contributed by atoms with Gasteiger partial charge in [0.2, 0.25) is 0 Å². The average molecular weight is 207 g/mol. The van der Waals surface area contributed by atoms with Crippen molar-refractivity contribution < 1.29 is 0 Å². The van der Waals surface area contributed by atoms with Gasteiger partial charge in [-0.1, -0.05) is 11.6 Å². The Morgan fingerprint density at radius 2 is 1.86 bits per heavy atom. The SMILES string of the molecule is Cc1cnc(-c2ccc(Cl)cc2)n1C. The Kier molecular flexibility index (Phi) is 2.30. The highest BCUT2D eigenvalue weighted by Crippen LogP contribution is 2.20. The molecule has 14 heavy (non-hydrogen) atoms. The van der Waals surface area contributed by atoms with Crippen LogP contribution in [-0.4, -0.2) is 9.55 Å². The van der Waals surface area contributed by atoms with Crippen LogP contribution in [0.1, 0.15) is 5.69 Å². The number of aromatic nitrogens is 2. The Morgan fingerprint density at radius 3 is 2.36 bits per heavy atom. The zero-order chi connectivity index (χ0) is 10.1. The number of imidazole rings is 1. The van der Waals surface area contributed by atoms with E-state index in [-0.39, 0.29) is 0 Å². The van der Waals surface area contributed by atoms with Crippen LogP contribution >= 0.6 is 11.6 Å². The van der Waals surface area contributed by atoms with Crippen molar-refractivity contribution in [2.45, 2.75) is 6.92 Å². The number of hydrogen-bond acceptors (Lipinski definition) is 1. The first-order chi connectivity index (χ1) is 6.68. The van der Waals surface area contributed by atoms with Crippen molar-refractivity contribution in [1.82, 2.24) is 9.55 Å². The van der Waals surface area contributed by atoms with Gasteiger partial charge in [-0.25, -0.2) is 4.98 Å². The van der Waals surface area contributed by atoms with Gasteiger partial charge in [0.15, 0.2) is 0 Å². The summed E-state index contributed by atoms with van der Waals surface area (Å²) in [7, 11) is 2.01. The summed E-state index contributed by atoms with van der Waals surface area (Å²) in [5, 5.41) is 0.750. The van der Waals surface area contributed by atoms with Crippen LogP contribution in [0.15, 0.2) is 30.5 Å². The number of rotatable bonds is 1. The van der Waals surface area contributed by atoms with Gasteiger partial charge in [0, 0.05) is 29.5 Å². The Hall–Kier alpha value is -1.28. The van der Waals surface area contributed by atoms with Gasteiger partial charge < -0.3 is 4.57 Å². The number of benzene rings is 1. The molecule has 3 heteroatoms. The topological polar surface area (TPSA) is 17.8 Å². The van der Waals surface area contributed by atoms with Crippen molar-refractivity contribution >= 4 is 11.6 Å². The first kappa shape index (κ1) is 9.28. The molecule has 2 aromatic rings. The molecule has 1 aromatic heterocycles. The fraction of sp³-hybridized carbons (Fsp3) is 0.182. The minimum atomic E-state index is 0.750. The van der Waals surface area contributed by atoms with Crippen LogP contribution in [0.5, 0.6) is 0 Å². The molecule has 0 saturated heterocycles. The lowest BCUT2D eigenvalue weighted by Gasteiger charge is -2.02. The van der Waals surface area contributed by atoms with E-state index in [0.717, 1.165) is 22.1 Å². The zero-order valence-corrected chi connectivity index (χ0v) is 8.92. The largest absolute Gasteiger partial charge is 0.331 e.